The van der Waals surface area contributed by atoms with Crippen LogP contribution in [0.4, 0.5) is 56.6 Å². The molecule has 1 amide bonds. The van der Waals surface area contributed by atoms with E-state index in [-0.39, 0.29) is 12.1 Å². The van der Waals surface area contributed by atoms with Crippen LogP contribution in [0, 0.1) is 0 Å². The van der Waals surface area contributed by atoms with Gasteiger partial charge in [0.05, 0.1) is 0 Å². The Morgan fingerprint density at radius 3 is 1.33 bits per heavy atom. The number of amides is 1. The molecule has 1 rings (SSSR count). The highest BCUT2D eigenvalue weighted by Crippen LogP contribution is 2.14. The summed E-state index contributed by atoms with van der Waals surface area (Å²) >= 11 is 0. The second kappa shape index (κ2) is 13.1. The molecule has 0 aromatic rings. The van der Waals surface area contributed by atoms with Gasteiger partial charge < -0.3 is 66.3 Å². The van der Waals surface area contributed by atoms with Crippen LogP contribution in [0.25, 0.3) is 0 Å². The predicted molar refractivity (Wildman–Crippen MR) is 90.5 cm³/mol. The molecule has 0 saturated carbocycles. The number of ether oxygens (including phenoxy) is 1. The Bertz CT molecular complexity index is 435. The lowest BCUT2D eigenvalue weighted by atomic mass is 10.2. The number of nitrogens with zero attached hydrogens (tertiary/aromatic N) is 2. The Labute approximate surface area is 166 Å². The molecule has 0 aromatic heterocycles. The van der Waals surface area contributed by atoms with Crippen molar-refractivity contribution in [2.75, 3.05) is 26.7 Å². The van der Waals surface area contributed by atoms with E-state index in [1.54, 1.807) is 0 Å². The average Bonchev–Trinajstić information content (AvgIpc) is 2.29. The van der Waals surface area contributed by atoms with Gasteiger partial charge in [-0.3, -0.25) is 0 Å². The molecule has 1 atom stereocenters. The van der Waals surface area contributed by atoms with Crippen LogP contribution in [-0.2, 0) is 4.74 Å². The van der Waals surface area contributed by atoms with Crippen LogP contribution in [0.3, 0.4) is 0 Å². The summed E-state index contributed by atoms with van der Waals surface area (Å²) in [6.45, 7) is 10.3. The lowest BCUT2D eigenvalue weighted by molar-refractivity contribution is 0.00428. The van der Waals surface area contributed by atoms with E-state index in [2.05, 4.69) is 18.9 Å². The van der Waals surface area contributed by atoms with Gasteiger partial charge in [-0.2, -0.15) is 0 Å². The number of carbonyl (C=O) groups is 1. The largest absolute Gasteiger partial charge is 0.673 e. The van der Waals surface area contributed by atoms with E-state index < -0.39 is 27.4 Å². The molecule has 30 heavy (non-hydrogen) atoms. The molecule has 1 heterocycles. The summed E-state index contributed by atoms with van der Waals surface area (Å²) in [7, 11) is -15.9. The topological polar surface area (TPSA) is 32.8 Å². The van der Waals surface area contributed by atoms with E-state index in [4.69, 9.17) is 4.74 Å². The van der Waals surface area contributed by atoms with Gasteiger partial charge in [0.15, 0.2) is 0 Å². The van der Waals surface area contributed by atoms with Crippen molar-refractivity contribution in [2.45, 2.75) is 39.3 Å². The van der Waals surface area contributed by atoms with Gasteiger partial charge in [0, 0.05) is 25.7 Å². The molecule has 1 aliphatic heterocycles. The molecule has 1 aliphatic rings. The fraction of sp³-hybridized carbons (Fsp3) is 0.909. The Morgan fingerprint density at radius 1 is 0.800 bits per heavy atom. The third-order valence-electron chi connectivity index (χ3n) is 2.46. The van der Waals surface area contributed by atoms with Crippen molar-refractivity contribution < 1.29 is 61.3 Å². The van der Waals surface area contributed by atoms with Crippen LogP contribution in [-0.4, -0.2) is 76.0 Å². The minimum Gasteiger partial charge on any atom is -0.444 e. The van der Waals surface area contributed by atoms with E-state index in [0.717, 1.165) is 19.6 Å². The number of rotatable bonds is 0. The smallest absolute Gasteiger partial charge is 0.444 e. The average molecular weight is 475 g/mol. The zero-order valence-electron chi connectivity index (χ0n) is 16.7. The minimum absolute atomic E-state index is 0.192. The molecule has 0 aliphatic carbocycles. The van der Waals surface area contributed by atoms with Crippen molar-refractivity contribution >= 4 is 27.9 Å². The molecule has 184 valence electrons. The van der Waals surface area contributed by atoms with E-state index in [1.165, 1.54) is 0 Å². The Kier molecular flexibility index (Phi) is 14.5. The predicted octanol–water partition coefficient (Wildman–Crippen LogP) is 5.46. The number of halogens is 12. The minimum atomic E-state index is -6.00. The van der Waals surface area contributed by atoms with E-state index in [9.17, 15) is 56.6 Å². The molecule has 0 bridgehead atoms. The quantitative estimate of drug-likeness (QED) is 0.345. The SMILES string of the molecule is C[C@@H]1CN(C)CCN1C(=O)OC(C)(C)C.F[B-](F)(F)F.F[B-](F)(F)F.F[B-](F)(F)F. The summed E-state index contributed by atoms with van der Waals surface area (Å²) in [6.07, 6.45) is -0.192. The first-order chi connectivity index (χ1) is 12.8. The zero-order valence-corrected chi connectivity index (χ0v) is 16.7. The maximum Gasteiger partial charge on any atom is 0.673 e. The van der Waals surface area contributed by atoms with Gasteiger partial charge in [-0.05, 0) is 34.7 Å². The lowest BCUT2D eigenvalue weighted by Crippen LogP contribution is -2.53. The first-order valence-electron chi connectivity index (χ1n) is 8.09. The number of hydrogen-bond acceptors (Lipinski definition) is 3. The highest BCUT2D eigenvalue weighted by molar-refractivity contribution is 6.50. The Hall–Kier alpha value is -1.42. The molecule has 0 unspecified atom stereocenters. The van der Waals surface area contributed by atoms with Gasteiger partial charge >= 0.3 is 27.9 Å². The number of carbonyl (C=O) groups excluding carboxylic acids is 1. The van der Waals surface area contributed by atoms with E-state index in [0.29, 0.717) is 0 Å². The summed E-state index contributed by atoms with van der Waals surface area (Å²) in [5.74, 6) is 0. The molecule has 0 spiro atoms. The monoisotopic (exact) mass is 475 g/mol. The maximum absolute atomic E-state index is 11.8. The van der Waals surface area contributed by atoms with Gasteiger partial charge in [0.2, 0.25) is 0 Å². The first kappa shape index (κ1) is 33.2. The highest BCUT2D eigenvalue weighted by atomic mass is 19.5. The van der Waals surface area contributed by atoms with Gasteiger partial charge in [0.25, 0.3) is 0 Å². The fourth-order valence-corrected chi connectivity index (χ4v) is 1.73. The van der Waals surface area contributed by atoms with Gasteiger partial charge in [-0.25, -0.2) is 4.79 Å². The Morgan fingerprint density at radius 2 is 1.10 bits per heavy atom. The van der Waals surface area contributed by atoms with Crippen LogP contribution in [0.2, 0.25) is 0 Å². The molecular weight excluding hydrogens is 453 g/mol. The summed E-state index contributed by atoms with van der Waals surface area (Å²) in [4.78, 5) is 15.9. The summed E-state index contributed by atoms with van der Waals surface area (Å²) in [6, 6.07) is 0.235. The van der Waals surface area contributed by atoms with Gasteiger partial charge in [0.1, 0.15) is 5.60 Å². The van der Waals surface area contributed by atoms with Crippen molar-refractivity contribution in [3.8, 4) is 0 Å². The second-order valence-electron chi connectivity index (χ2n) is 6.77. The summed E-state index contributed by atoms with van der Waals surface area (Å²) in [5.41, 5.74) is -0.403. The fourth-order valence-electron chi connectivity index (χ4n) is 1.73. The standard InChI is InChI=1S/C11H22N2O2.3BF4/c1-9-8-12(5)6-7-13(9)10(14)15-11(2,3)4;3*2-1(3,4)5/h9H,6-8H2,1-5H3;;;/q;3*-1/t9-;;;/m1.../s1. The summed E-state index contributed by atoms with van der Waals surface area (Å²) < 4.78 is 122. The number of likely N-dealkylation sites (N-methyl/N-ethyl adjacent to an activating group) is 1. The Balaban J connectivity index is -0.000000400. The molecule has 0 N–H and O–H groups in total. The highest BCUT2D eigenvalue weighted by Gasteiger charge is 2.29. The van der Waals surface area contributed by atoms with Crippen molar-refractivity contribution in [3.63, 3.8) is 0 Å². The third-order valence-corrected chi connectivity index (χ3v) is 2.46. The van der Waals surface area contributed by atoms with Crippen LogP contribution in [0.15, 0.2) is 0 Å². The van der Waals surface area contributed by atoms with Crippen molar-refractivity contribution in [3.05, 3.63) is 0 Å². The molecular formula is C11H22B3F12N2O2-3. The molecule has 1 fully saturated rings. The molecule has 19 heteroatoms. The second-order valence-corrected chi connectivity index (χ2v) is 6.77. The molecule has 0 aromatic carbocycles. The van der Waals surface area contributed by atoms with Crippen molar-refractivity contribution in [1.29, 1.82) is 0 Å². The van der Waals surface area contributed by atoms with Crippen LogP contribution in [0.1, 0.15) is 27.7 Å². The van der Waals surface area contributed by atoms with Crippen LogP contribution >= 0.6 is 0 Å². The molecule has 1 saturated heterocycles. The van der Waals surface area contributed by atoms with E-state index in [1.807, 2.05) is 25.7 Å². The maximum atomic E-state index is 11.8. The van der Waals surface area contributed by atoms with Gasteiger partial charge in [-0.15, -0.1) is 0 Å². The zero-order chi connectivity index (χ0) is 25.1. The summed E-state index contributed by atoms with van der Waals surface area (Å²) in [5, 5.41) is 0. The first-order valence-corrected chi connectivity index (χ1v) is 8.09. The number of piperazine rings is 1. The van der Waals surface area contributed by atoms with Crippen LogP contribution in [0.5, 0.6) is 0 Å². The van der Waals surface area contributed by atoms with Crippen molar-refractivity contribution in [1.82, 2.24) is 9.80 Å². The number of hydrogen-bond donors (Lipinski definition) is 0. The van der Waals surface area contributed by atoms with Gasteiger partial charge in [-0.1, -0.05) is 0 Å². The third kappa shape index (κ3) is 41.1. The van der Waals surface area contributed by atoms with Crippen molar-refractivity contribution in [2.24, 2.45) is 0 Å². The van der Waals surface area contributed by atoms with E-state index >= 15 is 0 Å². The van der Waals surface area contributed by atoms with Crippen LogP contribution < -0.4 is 0 Å². The normalized spacial score (nSPS) is 18.0. The molecule has 0 radical (unpaired) electrons. The lowest BCUT2D eigenvalue weighted by Gasteiger charge is -2.38. The molecule has 4 nitrogen and oxygen atoms in total.